The van der Waals surface area contributed by atoms with E-state index in [2.05, 4.69) is 23.9 Å². The van der Waals surface area contributed by atoms with Gasteiger partial charge in [0.25, 0.3) is 0 Å². The molecule has 0 saturated carbocycles. The average Bonchev–Trinajstić information content (AvgIpc) is 3.78. The lowest BCUT2D eigenvalue weighted by atomic mass is 10.0. The summed E-state index contributed by atoms with van der Waals surface area (Å²) in [6.07, 6.45) is 3.72. The highest BCUT2D eigenvalue weighted by Gasteiger charge is 2.41. The monoisotopic (exact) mass is 645 g/mol. The molecule has 0 bridgehead atoms. The van der Waals surface area contributed by atoms with E-state index in [-0.39, 0.29) is 24.3 Å². The molecule has 0 spiro atoms. The summed E-state index contributed by atoms with van der Waals surface area (Å²) in [7, 11) is 0. The first-order valence-corrected chi connectivity index (χ1v) is 15.5. The first-order chi connectivity index (χ1) is 22.3. The molecule has 7 rings (SSSR count). The number of pyridine rings is 1. The molecular weight excluding hydrogens is 613 g/mol. The average molecular weight is 646 g/mol. The fraction of sp³-hybridized carbons (Fsp3) is 0.333. The molecule has 0 amide bonds. The zero-order valence-corrected chi connectivity index (χ0v) is 26.0. The summed E-state index contributed by atoms with van der Waals surface area (Å²) >= 11 is 5.88. The van der Waals surface area contributed by atoms with Crippen molar-refractivity contribution in [3.63, 3.8) is 0 Å². The molecule has 2 aliphatic rings. The van der Waals surface area contributed by atoms with Gasteiger partial charge >= 0.3 is 5.97 Å². The Kier molecular flexibility index (Phi) is 8.33. The van der Waals surface area contributed by atoms with Crippen LogP contribution < -0.4 is 9.64 Å². The van der Waals surface area contributed by atoms with Crippen LogP contribution in [-0.4, -0.2) is 78.4 Å². The summed E-state index contributed by atoms with van der Waals surface area (Å²) in [5.41, 5.74) is 2.19. The van der Waals surface area contributed by atoms with Crippen molar-refractivity contribution in [1.29, 1.82) is 0 Å². The molecular formula is C33H33ClFN7O4. The van der Waals surface area contributed by atoms with Gasteiger partial charge in [0.1, 0.15) is 29.9 Å². The molecule has 2 fully saturated rings. The van der Waals surface area contributed by atoms with E-state index < -0.39 is 11.8 Å². The number of hydrogen-bond donors (Lipinski definition) is 1. The standard InChI is InChI=1S/C33H33ClFN7O4/c1-21-36-9-10-39(21)11-13-41-27-15-22(33(43)44)6-8-26(27)37-31(41)17-40-12-14-42(29-20-45-19-28(29)40)30-3-2-4-32(38-30)46-18-23-5-7-24(34)16-25(23)35/h2-10,15-16,28-29H,11-14,17-20H2,1H3,(H,43,44). The zero-order chi connectivity index (χ0) is 31.8. The van der Waals surface area contributed by atoms with E-state index in [4.69, 9.17) is 31.0 Å². The van der Waals surface area contributed by atoms with Crippen molar-refractivity contribution in [3.05, 3.63) is 101 Å². The van der Waals surface area contributed by atoms with E-state index in [1.165, 1.54) is 6.07 Å². The van der Waals surface area contributed by atoms with E-state index in [1.54, 1.807) is 42.6 Å². The van der Waals surface area contributed by atoms with Gasteiger partial charge in [-0.2, -0.15) is 4.98 Å². The maximum Gasteiger partial charge on any atom is 0.335 e. The third kappa shape index (κ3) is 6.03. The van der Waals surface area contributed by atoms with Crippen molar-refractivity contribution in [2.45, 2.75) is 45.2 Å². The highest BCUT2D eigenvalue weighted by atomic mass is 35.5. The summed E-state index contributed by atoms with van der Waals surface area (Å²) in [5.74, 6) is 1.59. The Morgan fingerprint density at radius 2 is 1.96 bits per heavy atom. The number of aromatic carboxylic acids is 1. The number of halogens is 2. The number of anilines is 1. The third-order valence-corrected chi connectivity index (χ3v) is 9.05. The number of rotatable bonds is 10. The molecule has 3 aromatic heterocycles. The van der Waals surface area contributed by atoms with Crippen LogP contribution in [0.4, 0.5) is 10.2 Å². The molecule has 5 heterocycles. The van der Waals surface area contributed by atoms with Crippen LogP contribution in [-0.2, 0) is 31.0 Å². The van der Waals surface area contributed by atoms with Crippen LogP contribution in [0, 0.1) is 12.7 Å². The van der Waals surface area contributed by atoms with Crippen LogP contribution in [0.15, 0.2) is 67.0 Å². The molecule has 13 heteroatoms. The number of nitrogens with zero attached hydrogens (tertiary/aromatic N) is 7. The maximum atomic E-state index is 14.3. The van der Waals surface area contributed by atoms with E-state index in [0.717, 1.165) is 35.0 Å². The number of aryl methyl sites for hydroxylation is 3. The van der Waals surface area contributed by atoms with Gasteiger partial charge in [-0.25, -0.2) is 19.2 Å². The highest BCUT2D eigenvalue weighted by Crippen LogP contribution is 2.30. The van der Waals surface area contributed by atoms with E-state index in [1.807, 2.05) is 25.3 Å². The number of piperazine rings is 1. The predicted octanol–water partition coefficient (Wildman–Crippen LogP) is 4.80. The van der Waals surface area contributed by atoms with Crippen LogP contribution in [0.5, 0.6) is 5.88 Å². The summed E-state index contributed by atoms with van der Waals surface area (Å²) in [6, 6.07) is 15.4. The normalized spacial score (nSPS) is 18.3. The second kappa shape index (κ2) is 12.7. The van der Waals surface area contributed by atoms with Gasteiger partial charge in [0.2, 0.25) is 5.88 Å². The van der Waals surface area contributed by atoms with E-state index in [0.29, 0.717) is 55.9 Å². The van der Waals surface area contributed by atoms with Gasteiger partial charge in [-0.15, -0.1) is 0 Å². The van der Waals surface area contributed by atoms with Gasteiger partial charge in [-0.1, -0.05) is 23.7 Å². The predicted molar refractivity (Wildman–Crippen MR) is 170 cm³/mol. The van der Waals surface area contributed by atoms with Crippen LogP contribution in [0.1, 0.15) is 27.6 Å². The summed E-state index contributed by atoms with van der Waals surface area (Å²) in [6.45, 7) is 6.48. The second-order valence-corrected chi connectivity index (χ2v) is 12.0. The second-order valence-electron chi connectivity index (χ2n) is 11.6. The molecule has 0 radical (unpaired) electrons. The summed E-state index contributed by atoms with van der Waals surface area (Å²) in [5, 5.41) is 10.00. The third-order valence-electron chi connectivity index (χ3n) is 8.82. The van der Waals surface area contributed by atoms with Crippen molar-refractivity contribution >= 4 is 34.4 Å². The minimum absolute atomic E-state index is 0.0395. The lowest BCUT2D eigenvalue weighted by Gasteiger charge is -2.44. The molecule has 2 unspecified atom stereocenters. The Morgan fingerprint density at radius 1 is 1.09 bits per heavy atom. The van der Waals surface area contributed by atoms with Gasteiger partial charge in [0.15, 0.2) is 0 Å². The van der Waals surface area contributed by atoms with Crippen molar-refractivity contribution in [3.8, 4) is 5.88 Å². The molecule has 46 heavy (non-hydrogen) atoms. The largest absolute Gasteiger partial charge is 0.478 e. The molecule has 2 aromatic carbocycles. The number of imidazole rings is 2. The summed E-state index contributed by atoms with van der Waals surface area (Å²) in [4.78, 5) is 30.5. The van der Waals surface area contributed by atoms with Gasteiger partial charge < -0.3 is 28.6 Å². The number of carbonyl (C=O) groups is 1. The Bertz CT molecular complexity index is 1900. The Labute approximate surface area is 269 Å². The van der Waals surface area contributed by atoms with E-state index in [9.17, 15) is 14.3 Å². The number of carboxylic acid groups (broad SMARTS) is 1. The minimum atomic E-state index is -0.969. The van der Waals surface area contributed by atoms with Gasteiger partial charge in [0, 0.05) is 55.2 Å². The minimum Gasteiger partial charge on any atom is -0.478 e. The quantitative estimate of drug-likeness (QED) is 0.229. The Hall–Kier alpha value is -4.52. The molecule has 0 aliphatic carbocycles. The van der Waals surface area contributed by atoms with Crippen LogP contribution in [0.2, 0.25) is 5.02 Å². The zero-order valence-electron chi connectivity index (χ0n) is 25.2. The molecule has 2 saturated heterocycles. The Morgan fingerprint density at radius 3 is 2.76 bits per heavy atom. The van der Waals surface area contributed by atoms with Gasteiger partial charge in [0.05, 0.1) is 48.4 Å². The van der Waals surface area contributed by atoms with Gasteiger partial charge in [-0.05, 0) is 43.3 Å². The summed E-state index contributed by atoms with van der Waals surface area (Å²) < 4.78 is 30.4. The van der Waals surface area contributed by atoms with Crippen LogP contribution in [0.3, 0.4) is 0 Å². The number of hydrogen-bond acceptors (Lipinski definition) is 8. The highest BCUT2D eigenvalue weighted by molar-refractivity contribution is 6.30. The topological polar surface area (TPSA) is 111 Å². The van der Waals surface area contributed by atoms with Crippen LogP contribution in [0.25, 0.3) is 11.0 Å². The first-order valence-electron chi connectivity index (χ1n) is 15.2. The lowest BCUT2D eigenvalue weighted by molar-refractivity contribution is 0.0697. The number of aromatic nitrogens is 5. The molecule has 5 aromatic rings. The Balaban J connectivity index is 1.10. The molecule has 2 aliphatic heterocycles. The number of fused-ring (bicyclic) bond motifs is 2. The first kappa shape index (κ1) is 30.2. The number of benzene rings is 2. The van der Waals surface area contributed by atoms with Crippen molar-refractivity contribution < 1.29 is 23.8 Å². The molecule has 2 atom stereocenters. The smallest absolute Gasteiger partial charge is 0.335 e. The van der Waals surface area contributed by atoms with Crippen molar-refractivity contribution in [1.82, 2.24) is 29.0 Å². The van der Waals surface area contributed by atoms with Crippen molar-refractivity contribution in [2.24, 2.45) is 0 Å². The van der Waals surface area contributed by atoms with Gasteiger partial charge in [-0.3, -0.25) is 4.90 Å². The fourth-order valence-electron chi connectivity index (χ4n) is 6.37. The van der Waals surface area contributed by atoms with Crippen molar-refractivity contribution in [2.75, 3.05) is 31.2 Å². The fourth-order valence-corrected chi connectivity index (χ4v) is 6.53. The van der Waals surface area contributed by atoms with E-state index >= 15 is 0 Å². The molecule has 1 N–H and O–H groups in total. The number of ether oxygens (including phenoxy) is 2. The molecule has 11 nitrogen and oxygen atoms in total. The maximum absolute atomic E-state index is 14.3. The number of carboxylic acids is 1. The lowest BCUT2D eigenvalue weighted by Crippen LogP contribution is -2.59. The SMILES string of the molecule is Cc1nccn1CCn1c(CN2CCN(c3cccc(OCc4ccc(Cl)cc4F)n3)C3COCC32)nc2ccc(C(=O)O)cc21. The van der Waals surface area contributed by atoms with Crippen LogP contribution >= 0.6 is 11.6 Å². The molecule has 238 valence electrons.